The van der Waals surface area contributed by atoms with Gasteiger partial charge >= 0.3 is 12.1 Å². The Morgan fingerprint density at radius 2 is 1.87 bits per heavy atom. The van der Waals surface area contributed by atoms with E-state index in [0.29, 0.717) is 36.8 Å². The highest BCUT2D eigenvalue weighted by molar-refractivity contribution is 6.03. The lowest BCUT2D eigenvalue weighted by molar-refractivity contribution is -0.137. The maximum Gasteiger partial charge on any atom is 0.411 e. The SMILES string of the molecule is CNC(=O)NC1=CC=C2C(CC[C@]23CN(CC(=O)N2C(c4ccc(F)c(F)c4)CCC2(C)C)C(=O)O3)C1=O. The summed E-state index contributed by atoms with van der Waals surface area (Å²) < 4.78 is 33.3. The van der Waals surface area contributed by atoms with Crippen LogP contribution in [0.2, 0.25) is 0 Å². The minimum atomic E-state index is -1.02. The van der Waals surface area contributed by atoms with Gasteiger partial charge in [0.1, 0.15) is 6.54 Å². The number of fused-ring (bicyclic) bond motifs is 2. The highest BCUT2D eigenvalue weighted by atomic mass is 19.2. The summed E-state index contributed by atoms with van der Waals surface area (Å²) in [7, 11) is 1.45. The molecule has 1 aromatic carbocycles. The zero-order valence-electron chi connectivity index (χ0n) is 21.5. The number of hydrogen-bond donors (Lipinski definition) is 2. The van der Waals surface area contributed by atoms with Crippen molar-refractivity contribution in [2.45, 2.75) is 56.7 Å². The Bertz CT molecular complexity index is 1290. The third kappa shape index (κ3) is 4.23. The maximum atomic E-state index is 14.0. The van der Waals surface area contributed by atoms with Crippen molar-refractivity contribution in [2.24, 2.45) is 5.92 Å². The molecule has 0 aromatic heterocycles. The van der Waals surface area contributed by atoms with E-state index in [2.05, 4.69) is 10.6 Å². The van der Waals surface area contributed by atoms with Gasteiger partial charge in [0.25, 0.3) is 0 Å². The highest BCUT2D eigenvalue weighted by Crippen LogP contribution is 2.49. The number of hydrogen-bond acceptors (Lipinski definition) is 5. The van der Waals surface area contributed by atoms with E-state index >= 15 is 0 Å². The Morgan fingerprint density at radius 3 is 2.58 bits per heavy atom. The Kier molecular flexibility index (Phi) is 6.27. The molecule has 0 radical (unpaired) electrons. The lowest BCUT2D eigenvalue weighted by Gasteiger charge is -2.37. The van der Waals surface area contributed by atoms with Crippen LogP contribution in [0.3, 0.4) is 0 Å². The zero-order chi connectivity index (χ0) is 27.4. The first-order chi connectivity index (χ1) is 18.0. The fraction of sp³-hybridized carbons (Fsp3) is 0.481. The number of nitrogens with one attached hydrogen (secondary N) is 2. The molecule has 38 heavy (non-hydrogen) atoms. The molecule has 11 heteroatoms. The molecular formula is C27H30F2N4O5. The van der Waals surface area contributed by atoms with Gasteiger partial charge in [-0.15, -0.1) is 0 Å². The second-order valence-corrected chi connectivity index (χ2v) is 10.9. The number of rotatable bonds is 4. The number of benzene rings is 1. The topological polar surface area (TPSA) is 108 Å². The molecule has 3 atom stereocenters. The number of allylic oxidation sites excluding steroid dienone is 3. The van der Waals surface area contributed by atoms with Crippen molar-refractivity contribution in [3.8, 4) is 0 Å². The van der Waals surface area contributed by atoms with Crippen LogP contribution in [-0.2, 0) is 14.3 Å². The lowest BCUT2D eigenvalue weighted by Crippen LogP contribution is -2.49. The molecule has 4 aliphatic rings. The summed E-state index contributed by atoms with van der Waals surface area (Å²) in [4.78, 5) is 54.2. The largest absolute Gasteiger partial charge is 0.436 e. The first-order valence-corrected chi connectivity index (χ1v) is 12.7. The van der Waals surface area contributed by atoms with Gasteiger partial charge in [-0.2, -0.15) is 0 Å². The van der Waals surface area contributed by atoms with Crippen molar-refractivity contribution in [3.05, 3.63) is 58.8 Å². The van der Waals surface area contributed by atoms with Crippen molar-refractivity contribution in [1.29, 1.82) is 0 Å². The van der Waals surface area contributed by atoms with Gasteiger partial charge in [-0.05, 0) is 68.9 Å². The van der Waals surface area contributed by atoms with E-state index < -0.39 is 46.9 Å². The van der Waals surface area contributed by atoms with Gasteiger partial charge < -0.3 is 20.3 Å². The molecule has 2 aliphatic heterocycles. The van der Waals surface area contributed by atoms with E-state index in [-0.39, 0.29) is 30.5 Å². The van der Waals surface area contributed by atoms with E-state index in [1.165, 1.54) is 24.1 Å². The molecule has 202 valence electrons. The molecule has 9 nitrogen and oxygen atoms in total. The van der Waals surface area contributed by atoms with Crippen LogP contribution in [0.15, 0.2) is 41.6 Å². The number of Topliss-reactive ketones (excluding diaryl/α,β-unsaturated/α-hetero) is 1. The highest BCUT2D eigenvalue weighted by Gasteiger charge is 2.56. The number of amides is 4. The summed E-state index contributed by atoms with van der Waals surface area (Å²) in [5, 5.41) is 4.93. The number of likely N-dealkylation sites (tertiary alicyclic amines) is 1. The fourth-order valence-corrected chi connectivity index (χ4v) is 6.25. The number of carbonyl (C=O) groups excluding carboxylic acids is 4. The number of halogens is 2. The predicted octanol–water partition coefficient (Wildman–Crippen LogP) is 3.33. The summed E-state index contributed by atoms with van der Waals surface area (Å²) in [5.74, 6) is -3.02. The van der Waals surface area contributed by atoms with Crippen LogP contribution in [-0.4, -0.2) is 64.9 Å². The smallest absolute Gasteiger partial charge is 0.411 e. The van der Waals surface area contributed by atoms with Crippen LogP contribution >= 0.6 is 0 Å². The predicted molar refractivity (Wildman–Crippen MR) is 132 cm³/mol. The fourth-order valence-electron chi connectivity index (χ4n) is 6.25. The van der Waals surface area contributed by atoms with Gasteiger partial charge in [-0.25, -0.2) is 18.4 Å². The molecule has 2 aliphatic carbocycles. The minimum Gasteiger partial charge on any atom is -0.436 e. The van der Waals surface area contributed by atoms with Crippen molar-refractivity contribution in [1.82, 2.24) is 20.4 Å². The normalized spacial score (nSPS) is 27.7. The Hall–Kier alpha value is -3.76. The van der Waals surface area contributed by atoms with Gasteiger partial charge in [0, 0.05) is 18.5 Å². The first kappa shape index (κ1) is 25.9. The van der Waals surface area contributed by atoms with E-state index in [4.69, 9.17) is 4.74 Å². The number of nitrogens with zero attached hydrogens (tertiary/aromatic N) is 2. The molecule has 1 spiro atoms. The van der Waals surface area contributed by atoms with Crippen LogP contribution in [0, 0.1) is 17.6 Å². The van der Waals surface area contributed by atoms with Gasteiger partial charge in [0.2, 0.25) is 5.91 Å². The Labute approximate surface area is 218 Å². The van der Waals surface area contributed by atoms with E-state index in [9.17, 15) is 28.0 Å². The zero-order valence-corrected chi connectivity index (χ0v) is 21.5. The second kappa shape index (κ2) is 9.21. The molecule has 2 saturated heterocycles. The molecule has 5 rings (SSSR count). The van der Waals surface area contributed by atoms with Crippen molar-refractivity contribution < 1.29 is 32.7 Å². The molecule has 0 bridgehead atoms. The number of ether oxygens (including phenoxy) is 1. The quantitative estimate of drug-likeness (QED) is 0.624. The van der Waals surface area contributed by atoms with Gasteiger partial charge in [0.05, 0.1) is 18.3 Å². The number of carbonyl (C=O) groups is 4. The molecular weight excluding hydrogens is 498 g/mol. The van der Waals surface area contributed by atoms with Crippen LogP contribution < -0.4 is 10.6 Å². The monoisotopic (exact) mass is 528 g/mol. The van der Waals surface area contributed by atoms with E-state index in [0.717, 1.165) is 12.1 Å². The molecule has 3 fully saturated rings. The van der Waals surface area contributed by atoms with Crippen LogP contribution in [0.1, 0.15) is 51.1 Å². The minimum absolute atomic E-state index is 0.114. The van der Waals surface area contributed by atoms with Crippen LogP contribution in [0.4, 0.5) is 18.4 Å². The molecule has 2 unspecified atom stereocenters. The summed E-state index contributed by atoms with van der Waals surface area (Å²) in [6.07, 6.45) is 4.68. The molecule has 2 heterocycles. The second-order valence-electron chi connectivity index (χ2n) is 10.9. The number of urea groups is 1. The third-order valence-electron chi connectivity index (χ3n) is 8.13. The van der Waals surface area contributed by atoms with Crippen molar-refractivity contribution in [2.75, 3.05) is 20.1 Å². The molecule has 2 N–H and O–H groups in total. The third-order valence-corrected chi connectivity index (χ3v) is 8.13. The summed E-state index contributed by atoms with van der Waals surface area (Å²) in [5.41, 5.74) is -0.239. The van der Waals surface area contributed by atoms with Crippen LogP contribution in [0.25, 0.3) is 0 Å². The van der Waals surface area contributed by atoms with Crippen LogP contribution in [0.5, 0.6) is 0 Å². The summed E-state index contributed by atoms with van der Waals surface area (Å²) in [6, 6.07) is 2.70. The Morgan fingerprint density at radius 1 is 1.11 bits per heavy atom. The summed E-state index contributed by atoms with van der Waals surface area (Å²) in [6.45, 7) is 3.69. The van der Waals surface area contributed by atoms with Gasteiger partial charge in [-0.3, -0.25) is 14.5 Å². The van der Waals surface area contributed by atoms with Crippen molar-refractivity contribution in [3.63, 3.8) is 0 Å². The standard InChI is InChI=1S/C27H30F2N4O5/c1-26(2)10-9-21(15-4-6-18(28)19(29)12-15)33(26)22(34)13-32-14-27(38-25(32)37)11-8-16-17(27)5-7-20(23(16)35)31-24(36)30-3/h4-7,12,16,21H,8-11,13-14H2,1-3H3,(H2,30,31,36)/t16?,21?,27-/m0/s1. The summed E-state index contributed by atoms with van der Waals surface area (Å²) >= 11 is 0. The Balaban J connectivity index is 1.34. The van der Waals surface area contributed by atoms with E-state index in [1.807, 2.05) is 13.8 Å². The first-order valence-electron chi connectivity index (χ1n) is 12.7. The van der Waals surface area contributed by atoms with E-state index in [1.54, 1.807) is 11.0 Å². The molecule has 1 saturated carbocycles. The maximum absolute atomic E-state index is 14.0. The number of ketones is 1. The van der Waals surface area contributed by atoms with Crippen molar-refractivity contribution >= 4 is 23.8 Å². The average Bonchev–Trinajstić information content (AvgIpc) is 3.49. The average molecular weight is 529 g/mol. The lowest BCUT2D eigenvalue weighted by atomic mass is 9.85. The molecule has 1 aromatic rings. The van der Waals surface area contributed by atoms with Gasteiger partial charge in [-0.1, -0.05) is 12.1 Å². The van der Waals surface area contributed by atoms with Gasteiger partial charge in [0.15, 0.2) is 23.0 Å². The molecule has 4 amide bonds.